The summed E-state index contributed by atoms with van der Waals surface area (Å²) in [6.45, 7) is 5.47. The molecule has 1 heterocycles. The fraction of sp³-hybridized carbons (Fsp3) is 0.462. The molecule has 0 aliphatic carbocycles. The summed E-state index contributed by atoms with van der Waals surface area (Å²) in [6, 6.07) is 8.31. The highest BCUT2D eigenvalue weighted by Crippen LogP contribution is 2.15. The van der Waals surface area contributed by atoms with Crippen molar-refractivity contribution in [2.24, 2.45) is 0 Å². The topological polar surface area (TPSA) is 41.6 Å². The first-order chi connectivity index (χ1) is 7.66. The van der Waals surface area contributed by atoms with Crippen LogP contribution in [0.4, 0.5) is 0 Å². The third-order valence-electron chi connectivity index (χ3n) is 2.71. The quantitative estimate of drug-likeness (QED) is 0.785. The van der Waals surface area contributed by atoms with E-state index in [4.69, 9.17) is 4.74 Å². The van der Waals surface area contributed by atoms with Crippen molar-refractivity contribution < 1.29 is 9.53 Å². The average Bonchev–Trinajstić information content (AvgIpc) is 3.10. The Hall–Kier alpha value is -1.35. The predicted octanol–water partition coefficient (Wildman–Crippen LogP) is 1.82. The van der Waals surface area contributed by atoms with Gasteiger partial charge in [-0.3, -0.25) is 4.79 Å². The predicted molar refractivity (Wildman–Crippen MR) is 62.1 cm³/mol. The summed E-state index contributed by atoms with van der Waals surface area (Å²) in [6.07, 6.45) is -0.201. The molecule has 1 aliphatic rings. The number of carbonyl (C=O) groups excluding carboxylic acids is 1. The lowest BCUT2D eigenvalue weighted by Crippen LogP contribution is -2.27. The maximum atomic E-state index is 11.4. The second-order valence-corrected chi connectivity index (χ2v) is 4.44. The highest BCUT2D eigenvalue weighted by atomic mass is 16.6. The van der Waals surface area contributed by atoms with E-state index in [9.17, 15) is 4.79 Å². The van der Waals surface area contributed by atoms with Crippen molar-refractivity contribution >= 4 is 5.91 Å². The van der Waals surface area contributed by atoms with Gasteiger partial charge in [-0.15, -0.1) is 0 Å². The van der Waals surface area contributed by atoms with Crippen molar-refractivity contribution in [2.45, 2.75) is 32.4 Å². The molecule has 16 heavy (non-hydrogen) atoms. The van der Waals surface area contributed by atoms with Crippen molar-refractivity contribution in [1.29, 1.82) is 0 Å². The molecule has 1 N–H and O–H groups in total. The van der Waals surface area contributed by atoms with E-state index in [-0.39, 0.29) is 12.0 Å². The van der Waals surface area contributed by atoms with Crippen LogP contribution < -0.4 is 5.32 Å². The second-order valence-electron chi connectivity index (χ2n) is 4.44. The maximum absolute atomic E-state index is 11.4. The molecule has 0 spiro atoms. The lowest BCUT2D eigenvalue weighted by Gasteiger charge is -2.08. The van der Waals surface area contributed by atoms with Gasteiger partial charge in [0.1, 0.15) is 0 Å². The first-order valence-electron chi connectivity index (χ1n) is 5.65. The molecule has 0 saturated carbocycles. The summed E-state index contributed by atoms with van der Waals surface area (Å²) < 4.78 is 4.91. The van der Waals surface area contributed by atoms with Crippen molar-refractivity contribution in [3.05, 3.63) is 35.4 Å². The number of hydrogen-bond donors (Lipinski definition) is 1. The first-order valence-corrected chi connectivity index (χ1v) is 5.65. The van der Waals surface area contributed by atoms with Crippen LogP contribution in [0.1, 0.15) is 30.9 Å². The van der Waals surface area contributed by atoms with E-state index in [1.807, 2.05) is 12.1 Å². The van der Waals surface area contributed by atoms with Gasteiger partial charge in [0, 0.05) is 6.54 Å². The summed E-state index contributed by atoms with van der Waals surface area (Å²) in [7, 11) is 0. The molecule has 0 radical (unpaired) electrons. The van der Waals surface area contributed by atoms with Crippen LogP contribution in [0.3, 0.4) is 0 Å². The van der Waals surface area contributed by atoms with E-state index in [1.54, 1.807) is 0 Å². The molecule has 1 aromatic carbocycles. The number of carbonyl (C=O) groups is 1. The van der Waals surface area contributed by atoms with E-state index < -0.39 is 0 Å². The van der Waals surface area contributed by atoms with E-state index in [2.05, 4.69) is 31.3 Å². The van der Waals surface area contributed by atoms with Gasteiger partial charge >= 0.3 is 0 Å². The molecule has 3 nitrogen and oxygen atoms in total. The molecule has 1 atom stereocenters. The molecule has 1 unspecified atom stereocenters. The van der Waals surface area contributed by atoms with E-state index in [1.165, 1.54) is 5.56 Å². The van der Waals surface area contributed by atoms with Gasteiger partial charge in [-0.25, -0.2) is 0 Å². The minimum Gasteiger partial charge on any atom is -0.363 e. The highest BCUT2D eigenvalue weighted by Gasteiger charge is 2.30. The Morgan fingerprint density at radius 3 is 2.94 bits per heavy atom. The fourth-order valence-electron chi connectivity index (χ4n) is 1.56. The SMILES string of the molecule is CC(C)c1cccc(CNC(=O)C2CO2)c1. The zero-order valence-electron chi connectivity index (χ0n) is 9.69. The smallest absolute Gasteiger partial charge is 0.251 e. The molecule has 0 bridgehead atoms. The monoisotopic (exact) mass is 219 g/mol. The number of epoxide rings is 1. The first kappa shape index (κ1) is 11.1. The third kappa shape index (κ3) is 2.83. The number of benzene rings is 1. The second kappa shape index (κ2) is 4.66. The minimum atomic E-state index is -0.201. The van der Waals surface area contributed by atoms with Gasteiger partial charge in [0.2, 0.25) is 0 Å². The van der Waals surface area contributed by atoms with Crippen LogP contribution in [0, 0.1) is 0 Å². The Morgan fingerprint density at radius 2 is 2.31 bits per heavy atom. The lowest BCUT2D eigenvalue weighted by molar-refractivity contribution is -0.122. The van der Waals surface area contributed by atoms with Gasteiger partial charge in [-0.05, 0) is 17.0 Å². The Labute approximate surface area is 95.8 Å². The van der Waals surface area contributed by atoms with Crippen LogP contribution in [0.2, 0.25) is 0 Å². The summed E-state index contributed by atoms with van der Waals surface area (Å²) in [5.41, 5.74) is 2.44. The van der Waals surface area contributed by atoms with Gasteiger partial charge in [0.15, 0.2) is 6.10 Å². The van der Waals surface area contributed by atoms with Crippen LogP contribution in [-0.2, 0) is 16.1 Å². The highest BCUT2D eigenvalue weighted by molar-refractivity contribution is 5.82. The van der Waals surface area contributed by atoms with E-state index in [0.29, 0.717) is 19.1 Å². The number of rotatable bonds is 4. The molecular formula is C13H17NO2. The van der Waals surface area contributed by atoms with Crippen molar-refractivity contribution in [2.75, 3.05) is 6.61 Å². The summed E-state index contributed by atoms with van der Waals surface area (Å²) in [5.74, 6) is 0.511. The normalized spacial score (nSPS) is 18.6. The van der Waals surface area contributed by atoms with Crippen LogP contribution in [-0.4, -0.2) is 18.6 Å². The Bertz CT molecular complexity index is 383. The molecule has 1 amide bonds. The van der Waals surface area contributed by atoms with Gasteiger partial charge < -0.3 is 10.1 Å². The third-order valence-corrected chi connectivity index (χ3v) is 2.71. The maximum Gasteiger partial charge on any atom is 0.251 e. The molecule has 1 saturated heterocycles. The van der Waals surface area contributed by atoms with Crippen molar-refractivity contribution in [3.63, 3.8) is 0 Å². The Morgan fingerprint density at radius 1 is 1.56 bits per heavy atom. The standard InChI is InChI=1S/C13H17NO2/c1-9(2)11-5-3-4-10(6-11)7-14-13(15)12-8-16-12/h3-6,9,12H,7-8H2,1-2H3,(H,14,15). The summed E-state index contributed by atoms with van der Waals surface area (Å²) in [5, 5.41) is 2.86. The molecule has 1 aliphatic heterocycles. The average molecular weight is 219 g/mol. The zero-order valence-corrected chi connectivity index (χ0v) is 9.69. The van der Waals surface area contributed by atoms with Gasteiger partial charge in [-0.2, -0.15) is 0 Å². The molecule has 2 rings (SSSR count). The molecule has 3 heteroatoms. The van der Waals surface area contributed by atoms with Crippen LogP contribution in [0.5, 0.6) is 0 Å². The van der Waals surface area contributed by atoms with Gasteiger partial charge in [0.25, 0.3) is 5.91 Å². The van der Waals surface area contributed by atoms with Crippen molar-refractivity contribution in [1.82, 2.24) is 5.32 Å². The zero-order chi connectivity index (χ0) is 11.5. The molecule has 86 valence electrons. The lowest BCUT2D eigenvalue weighted by atomic mass is 10.0. The molecule has 1 fully saturated rings. The van der Waals surface area contributed by atoms with Gasteiger partial charge in [0.05, 0.1) is 6.61 Å². The fourth-order valence-corrected chi connectivity index (χ4v) is 1.56. The number of amides is 1. The van der Waals surface area contributed by atoms with Crippen LogP contribution in [0.15, 0.2) is 24.3 Å². The molecular weight excluding hydrogens is 202 g/mol. The van der Waals surface area contributed by atoms with Gasteiger partial charge in [-0.1, -0.05) is 38.1 Å². The number of nitrogens with one attached hydrogen (secondary N) is 1. The summed E-state index contributed by atoms with van der Waals surface area (Å²) >= 11 is 0. The Kier molecular flexibility index (Phi) is 3.25. The van der Waals surface area contributed by atoms with Crippen LogP contribution >= 0.6 is 0 Å². The van der Waals surface area contributed by atoms with Crippen LogP contribution in [0.25, 0.3) is 0 Å². The number of hydrogen-bond acceptors (Lipinski definition) is 2. The van der Waals surface area contributed by atoms with E-state index in [0.717, 1.165) is 5.56 Å². The largest absolute Gasteiger partial charge is 0.363 e. The molecule has 0 aromatic heterocycles. The van der Waals surface area contributed by atoms with Crippen molar-refractivity contribution in [3.8, 4) is 0 Å². The Balaban J connectivity index is 1.92. The number of ether oxygens (including phenoxy) is 1. The summed E-state index contributed by atoms with van der Waals surface area (Å²) in [4.78, 5) is 11.4. The minimum absolute atomic E-state index is 0.00468. The van der Waals surface area contributed by atoms with E-state index >= 15 is 0 Å². The molecule has 1 aromatic rings.